The van der Waals surface area contributed by atoms with Crippen LogP contribution in [0.25, 0.3) is 22.3 Å². The van der Waals surface area contributed by atoms with Gasteiger partial charge in [0.2, 0.25) is 20.0 Å². The molecule has 10 nitrogen and oxygen atoms in total. The van der Waals surface area contributed by atoms with Crippen LogP contribution < -0.4 is 43.9 Å². The summed E-state index contributed by atoms with van der Waals surface area (Å²) in [5.74, 6) is 1.98. The third-order valence-electron chi connectivity index (χ3n) is 14.5. The van der Waals surface area contributed by atoms with Crippen molar-refractivity contribution in [2.75, 3.05) is 12.8 Å². The van der Waals surface area contributed by atoms with Gasteiger partial charge in [0, 0.05) is 25.9 Å². The second-order valence-electron chi connectivity index (χ2n) is 19.0. The van der Waals surface area contributed by atoms with E-state index < -0.39 is 33.4 Å². The number of unbranched alkanes of at least 4 members (excludes halogenated alkanes) is 4. The van der Waals surface area contributed by atoms with Gasteiger partial charge in [0.15, 0.2) is 0 Å². The van der Waals surface area contributed by atoms with E-state index in [1.807, 2.05) is 84.9 Å². The average molecular weight is 965 g/mol. The third-order valence-corrected chi connectivity index (χ3v) is 18.6. The van der Waals surface area contributed by atoms with Crippen LogP contribution in [0.3, 0.4) is 0 Å². The molecule has 4 aromatic carbocycles. The summed E-state index contributed by atoms with van der Waals surface area (Å²) in [7, 11) is -10.3. The summed E-state index contributed by atoms with van der Waals surface area (Å²) in [6, 6.07) is 34.1. The number of carbonyl (C=O) groups is 1. The number of hydrogen-bond acceptors (Lipinski definition) is 7. The fourth-order valence-corrected chi connectivity index (χ4v) is 14.7. The van der Waals surface area contributed by atoms with E-state index in [1.54, 1.807) is 24.3 Å². The van der Waals surface area contributed by atoms with Gasteiger partial charge in [0.1, 0.15) is 0 Å². The average Bonchev–Trinajstić information content (AvgIpc) is 4.10. The molecule has 0 saturated heterocycles. The zero-order chi connectivity index (χ0) is 46.0. The summed E-state index contributed by atoms with van der Waals surface area (Å²) in [6.45, 7) is 1.29. The van der Waals surface area contributed by atoms with Gasteiger partial charge in [0.25, 0.3) is 0 Å². The Kier molecular flexibility index (Phi) is 19.2. The van der Waals surface area contributed by atoms with Crippen LogP contribution >= 0.6 is 7.37 Å². The molecule has 4 saturated carbocycles. The van der Waals surface area contributed by atoms with E-state index in [4.69, 9.17) is 5.11 Å². The first-order chi connectivity index (χ1) is 31.2. The van der Waals surface area contributed by atoms with Gasteiger partial charge in [-0.1, -0.05) is 116 Å². The minimum atomic E-state index is -3.59. The standard InChI is InChI=1S/C26H34NO4PS.C26H33NO4S.Na/c1-32(28,29)18-8-3-2-7-11-25-22-12-13-23(19-22)26(25)27-33(30,31)24-16-14-21(15-17-24)20-9-5-4-6-10-20;28-25(29)11-7-2-1-6-10-24-21-12-13-22(18-21)26(24)27-32(30,31)23-16-14-20(15-17-23)19-8-4-3-5-9-19;/h2,4-7,9-10,14-17,22-23,25-27H,3,8,11-13,18-19H2,1H3,(H,28,29);3-5,8-9,14-17,21-22,24,26-27H,1-2,6-7,10-13,18H2,(H,28,29);/q;;+1/p-1/b7-2-;;/t22-,23?,25?,26?;21-,22?,24?,26?;/m11./s1. The molecule has 4 aliphatic rings. The molecule has 14 heteroatoms. The normalized spacial score (nSPS) is 25.2. The van der Waals surface area contributed by atoms with Crippen molar-refractivity contribution in [3.63, 3.8) is 0 Å². The molecule has 9 atom stereocenters. The second-order valence-corrected chi connectivity index (χ2v) is 24.9. The Morgan fingerprint density at radius 1 is 0.621 bits per heavy atom. The van der Waals surface area contributed by atoms with Crippen molar-refractivity contribution in [2.45, 2.75) is 118 Å². The fourth-order valence-electron chi connectivity index (χ4n) is 11.2. The summed E-state index contributed by atoms with van der Waals surface area (Å²) in [5.41, 5.74) is 4.13. The van der Waals surface area contributed by atoms with E-state index in [0.29, 0.717) is 51.7 Å². The van der Waals surface area contributed by atoms with Crippen molar-refractivity contribution >= 4 is 33.4 Å². The predicted molar refractivity (Wildman–Crippen MR) is 257 cm³/mol. The van der Waals surface area contributed by atoms with Crippen LogP contribution in [0.5, 0.6) is 0 Å². The Morgan fingerprint density at radius 2 is 1.06 bits per heavy atom. The SMILES string of the molecule is CP(=O)([O-])CCC/C=C\CC1C(NS(=O)(=O)c2ccc(-c3ccccc3)cc2)C2CC[C@@H]1C2.O=C(O)CCCCCCC1C(NS(=O)(=O)c2ccc(-c3ccccc3)cc2)C2CC[C@@H]1C2.[Na+]. The molecule has 0 heterocycles. The first-order valence-corrected chi connectivity index (χ1v) is 28.9. The van der Waals surface area contributed by atoms with E-state index in [1.165, 1.54) is 19.5 Å². The van der Waals surface area contributed by atoms with Crippen LogP contribution in [0.2, 0.25) is 0 Å². The minimum Gasteiger partial charge on any atom is -0.799 e. The van der Waals surface area contributed by atoms with Gasteiger partial charge < -0.3 is 14.6 Å². The number of sulfonamides is 2. The Balaban J connectivity index is 0.000000215. The zero-order valence-electron chi connectivity index (χ0n) is 38.5. The van der Waals surface area contributed by atoms with Gasteiger partial charge in [-0.2, -0.15) is 0 Å². The Hall–Kier alpha value is -2.90. The van der Waals surface area contributed by atoms with Crippen LogP contribution in [0.1, 0.15) is 96.3 Å². The number of carboxylic acids is 1. The molecule has 8 rings (SSSR count). The number of rotatable bonds is 21. The molecule has 66 heavy (non-hydrogen) atoms. The van der Waals surface area contributed by atoms with Gasteiger partial charge in [-0.15, -0.1) is 0 Å². The summed E-state index contributed by atoms with van der Waals surface area (Å²) in [6.07, 6.45) is 18.4. The molecular weight excluding hydrogens is 899 g/mol. The summed E-state index contributed by atoms with van der Waals surface area (Å²) in [4.78, 5) is 22.6. The van der Waals surface area contributed by atoms with Crippen molar-refractivity contribution in [1.29, 1.82) is 0 Å². The number of aliphatic carboxylic acids is 1. The fraction of sp³-hybridized carbons (Fsp3) is 0.481. The first kappa shape index (κ1) is 52.5. The van der Waals surface area contributed by atoms with Crippen molar-refractivity contribution in [1.82, 2.24) is 9.44 Å². The van der Waals surface area contributed by atoms with Crippen molar-refractivity contribution in [2.24, 2.45) is 35.5 Å². The quantitative estimate of drug-likeness (QED) is 0.0334. The molecule has 4 aromatic rings. The van der Waals surface area contributed by atoms with Gasteiger partial charge in [0.05, 0.1) is 9.79 Å². The molecule has 7 unspecified atom stereocenters. The maximum absolute atomic E-state index is 13.2. The first-order valence-electron chi connectivity index (χ1n) is 23.7. The van der Waals surface area contributed by atoms with Gasteiger partial charge >= 0.3 is 35.5 Å². The van der Waals surface area contributed by atoms with Gasteiger partial charge in [-0.25, -0.2) is 26.3 Å². The Labute approximate surface area is 415 Å². The number of benzene rings is 4. The van der Waals surface area contributed by atoms with E-state index in [2.05, 4.69) is 21.6 Å². The van der Waals surface area contributed by atoms with E-state index in [0.717, 1.165) is 92.9 Å². The Morgan fingerprint density at radius 3 is 1.55 bits per heavy atom. The molecule has 0 radical (unpaired) electrons. The molecule has 0 aliphatic heterocycles. The zero-order valence-corrected chi connectivity index (χ0v) is 43.1. The molecule has 4 bridgehead atoms. The van der Waals surface area contributed by atoms with Crippen LogP contribution in [0.4, 0.5) is 0 Å². The van der Waals surface area contributed by atoms with Crippen molar-refractivity contribution in [3.05, 3.63) is 121 Å². The smallest absolute Gasteiger partial charge is 0.799 e. The van der Waals surface area contributed by atoms with Crippen molar-refractivity contribution in [3.8, 4) is 22.3 Å². The number of hydrogen-bond donors (Lipinski definition) is 3. The summed E-state index contributed by atoms with van der Waals surface area (Å²) in [5, 5.41) is 8.76. The van der Waals surface area contributed by atoms with Gasteiger partial charge in [-0.3, -0.25) is 4.79 Å². The molecule has 0 spiro atoms. The molecular formula is C52H66N2NaO8PS2. The van der Waals surface area contributed by atoms with Gasteiger partial charge in [-0.05, 0) is 165 Å². The largest absolute Gasteiger partial charge is 1.00 e. The van der Waals surface area contributed by atoms with Crippen LogP contribution in [-0.2, 0) is 29.4 Å². The molecule has 350 valence electrons. The summed E-state index contributed by atoms with van der Waals surface area (Å²) >= 11 is 0. The maximum Gasteiger partial charge on any atom is 1.00 e. The number of nitrogens with one attached hydrogen (secondary N) is 2. The van der Waals surface area contributed by atoms with E-state index >= 15 is 0 Å². The summed E-state index contributed by atoms with van der Waals surface area (Å²) < 4.78 is 70.1. The topological polar surface area (TPSA) is 170 Å². The molecule has 4 aliphatic carbocycles. The predicted octanol–water partition coefficient (Wildman–Crippen LogP) is 7.52. The van der Waals surface area contributed by atoms with E-state index in [-0.39, 0.29) is 54.2 Å². The van der Waals surface area contributed by atoms with Crippen molar-refractivity contribution < 1.29 is 65.8 Å². The third kappa shape index (κ3) is 14.3. The van der Waals surface area contributed by atoms with Crippen LogP contribution in [-0.4, -0.2) is 52.8 Å². The van der Waals surface area contributed by atoms with E-state index in [9.17, 15) is 31.1 Å². The second kappa shape index (κ2) is 24.1. The monoisotopic (exact) mass is 964 g/mol. The number of allylic oxidation sites excluding steroid dienone is 2. The molecule has 0 amide bonds. The van der Waals surface area contributed by atoms with Crippen LogP contribution in [0.15, 0.2) is 131 Å². The maximum atomic E-state index is 13.2. The minimum absolute atomic E-state index is 0. The molecule has 4 fully saturated rings. The van der Waals surface area contributed by atoms with Crippen LogP contribution in [0, 0.1) is 35.5 Å². The molecule has 0 aromatic heterocycles. The number of fused-ring (bicyclic) bond motifs is 4. The number of carboxylic acid groups (broad SMARTS) is 1. The molecule has 3 N–H and O–H groups in total. The Bertz CT molecular complexity index is 2470.